The largest absolute Gasteiger partial charge is 0.508 e. The molecule has 2 N–H and O–H groups in total. The fourth-order valence-electron chi connectivity index (χ4n) is 5.86. The predicted molar refractivity (Wildman–Crippen MR) is 181 cm³/mol. The number of carbonyl (C=O) groups excluding carboxylic acids is 1. The van der Waals surface area contributed by atoms with E-state index in [1.807, 2.05) is 0 Å². The molecule has 4 rings (SSSR count). The molecule has 4 aliphatic rings. The Bertz CT molecular complexity index is 314. The van der Waals surface area contributed by atoms with E-state index in [9.17, 15) is 4.79 Å². The highest BCUT2D eigenvalue weighted by Crippen LogP contribution is 2.17. The van der Waals surface area contributed by atoms with Crippen LogP contribution in [-0.4, -0.2) is 43.8 Å². The lowest BCUT2D eigenvalue weighted by Crippen LogP contribution is -2.02. The molecule has 0 unspecified atom stereocenters. The summed E-state index contributed by atoms with van der Waals surface area (Å²) in [5, 5.41) is 14.0. The molecule has 1 saturated heterocycles. The molecule has 4 fully saturated rings. The zero-order chi connectivity index (χ0) is 31.0. The fraction of sp³-hybridized carbons (Fsp3) is 0.973. The van der Waals surface area contributed by atoms with E-state index in [0.29, 0.717) is 13.2 Å². The normalized spacial score (nSPS) is 21.4. The summed E-state index contributed by atoms with van der Waals surface area (Å²) >= 11 is 0. The van der Waals surface area contributed by atoms with Gasteiger partial charge in [-0.15, -0.1) is 0 Å². The maximum atomic E-state index is 10.2. The van der Waals surface area contributed by atoms with E-state index >= 15 is 0 Å². The fourth-order valence-corrected chi connectivity index (χ4v) is 5.86. The highest BCUT2D eigenvalue weighted by Gasteiger charge is 2.06. The van der Waals surface area contributed by atoms with Crippen molar-refractivity contribution in [2.45, 2.75) is 205 Å². The Morgan fingerprint density at radius 3 is 0.524 bits per heavy atom. The van der Waals surface area contributed by atoms with Crippen molar-refractivity contribution in [1.29, 1.82) is 0 Å². The van der Waals surface area contributed by atoms with Crippen molar-refractivity contribution >= 4 is 6.16 Å². The predicted octanol–water partition coefficient (Wildman–Crippen LogP) is 11.9. The van der Waals surface area contributed by atoms with E-state index in [0.717, 1.165) is 27.1 Å². The molecular weight excluding hydrogens is 524 g/mol. The SMILES string of the molecule is C1CCCCCCCCC1.C1CCCCCCCCC1.C1CCCCCCCCC1.CO.CO.O=C1OCCCCO1. The number of aliphatic hydroxyl groups is 2. The number of hydrogen-bond acceptors (Lipinski definition) is 5. The lowest BCUT2D eigenvalue weighted by Gasteiger charge is -2.05. The van der Waals surface area contributed by atoms with Crippen molar-refractivity contribution in [3.8, 4) is 0 Å². The van der Waals surface area contributed by atoms with Gasteiger partial charge in [-0.1, -0.05) is 193 Å². The van der Waals surface area contributed by atoms with Crippen LogP contribution in [0, 0.1) is 0 Å². The summed E-state index contributed by atoms with van der Waals surface area (Å²) < 4.78 is 9.08. The first-order chi connectivity index (χ1) is 20.9. The van der Waals surface area contributed by atoms with Gasteiger partial charge in [-0.25, -0.2) is 4.79 Å². The van der Waals surface area contributed by atoms with Gasteiger partial charge in [0.1, 0.15) is 0 Å². The number of rotatable bonds is 0. The third-order valence-electron chi connectivity index (χ3n) is 8.48. The highest BCUT2D eigenvalue weighted by molar-refractivity contribution is 5.59. The maximum Gasteiger partial charge on any atom is 0.508 e. The van der Waals surface area contributed by atoms with E-state index in [4.69, 9.17) is 10.2 Å². The van der Waals surface area contributed by atoms with Crippen molar-refractivity contribution in [3.63, 3.8) is 0 Å². The molecule has 0 radical (unpaired) electrons. The van der Waals surface area contributed by atoms with Gasteiger partial charge in [0, 0.05) is 14.2 Å². The average Bonchev–Trinajstić information content (AvgIpc) is 3.32. The van der Waals surface area contributed by atoms with E-state index in [1.54, 1.807) is 0 Å². The van der Waals surface area contributed by atoms with Crippen molar-refractivity contribution in [1.82, 2.24) is 0 Å². The second-order valence-electron chi connectivity index (χ2n) is 12.3. The first kappa shape index (κ1) is 43.3. The zero-order valence-corrected chi connectivity index (χ0v) is 28.7. The van der Waals surface area contributed by atoms with E-state index in [1.165, 1.54) is 193 Å². The number of ether oxygens (including phenoxy) is 2. The van der Waals surface area contributed by atoms with Gasteiger partial charge in [0.15, 0.2) is 0 Å². The van der Waals surface area contributed by atoms with Crippen LogP contribution in [0.15, 0.2) is 0 Å². The van der Waals surface area contributed by atoms with Crippen LogP contribution >= 0.6 is 0 Å². The molecule has 0 amide bonds. The van der Waals surface area contributed by atoms with Gasteiger partial charge >= 0.3 is 6.16 Å². The summed E-state index contributed by atoms with van der Waals surface area (Å²) in [5.41, 5.74) is 0. The highest BCUT2D eigenvalue weighted by atomic mass is 16.7. The second kappa shape index (κ2) is 42.3. The first-order valence-electron chi connectivity index (χ1n) is 18.6. The first-order valence-corrected chi connectivity index (χ1v) is 18.6. The van der Waals surface area contributed by atoms with Gasteiger partial charge in [-0.2, -0.15) is 0 Å². The van der Waals surface area contributed by atoms with Crippen molar-refractivity contribution in [2.75, 3.05) is 27.4 Å². The molecular formula is C37H76O5. The molecule has 0 aromatic carbocycles. The summed E-state index contributed by atoms with van der Waals surface area (Å²) in [5.74, 6) is 0. The molecule has 5 nitrogen and oxygen atoms in total. The molecule has 42 heavy (non-hydrogen) atoms. The molecule has 3 saturated carbocycles. The summed E-state index contributed by atoms with van der Waals surface area (Å²) in [6.07, 6.45) is 46.3. The number of aliphatic hydroxyl groups excluding tert-OH is 2. The van der Waals surface area contributed by atoms with Crippen LogP contribution in [0.1, 0.15) is 205 Å². The standard InChI is InChI=1S/3C10H20.C5H8O3.2CH4O/c3*1-2-4-6-8-10-9-7-5-3-1;6-5-7-3-1-2-4-8-5;2*1-2/h3*1-10H2;1-4H2;2*2H,1H3. The summed E-state index contributed by atoms with van der Waals surface area (Å²) in [4.78, 5) is 10.2. The Balaban J connectivity index is 0. The molecule has 0 aromatic rings. The van der Waals surface area contributed by atoms with Crippen LogP contribution < -0.4 is 0 Å². The Hall–Kier alpha value is -0.810. The number of cyclic esters (lactones) is 2. The van der Waals surface area contributed by atoms with Gasteiger partial charge < -0.3 is 19.7 Å². The molecule has 0 spiro atoms. The lowest BCUT2D eigenvalue weighted by atomic mass is 10.0. The van der Waals surface area contributed by atoms with Crippen LogP contribution in [0.5, 0.6) is 0 Å². The van der Waals surface area contributed by atoms with Gasteiger partial charge in [0.2, 0.25) is 0 Å². The maximum absolute atomic E-state index is 10.2. The van der Waals surface area contributed by atoms with Crippen molar-refractivity contribution in [3.05, 3.63) is 0 Å². The quantitative estimate of drug-likeness (QED) is 0.270. The van der Waals surface area contributed by atoms with Crippen LogP contribution in [-0.2, 0) is 9.47 Å². The summed E-state index contributed by atoms with van der Waals surface area (Å²) in [6, 6.07) is 0. The molecule has 0 bridgehead atoms. The second-order valence-corrected chi connectivity index (χ2v) is 12.3. The summed E-state index contributed by atoms with van der Waals surface area (Å²) in [7, 11) is 2.00. The van der Waals surface area contributed by atoms with Crippen LogP contribution in [0.3, 0.4) is 0 Å². The van der Waals surface area contributed by atoms with Gasteiger partial charge in [-0.3, -0.25) is 0 Å². The number of hydrogen-bond donors (Lipinski definition) is 2. The molecule has 254 valence electrons. The minimum absolute atomic E-state index is 0.513. The van der Waals surface area contributed by atoms with E-state index in [2.05, 4.69) is 9.47 Å². The molecule has 1 heterocycles. The van der Waals surface area contributed by atoms with Crippen LogP contribution in [0.4, 0.5) is 4.79 Å². The topological polar surface area (TPSA) is 76.0 Å². The van der Waals surface area contributed by atoms with Crippen molar-refractivity contribution < 1.29 is 24.5 Å². The average molecular weight is 601 g/mol. The molecule has 3 aliphatic carbocycles. The van der Waals surface area contributed by atoms with Crippen LogP contribution in [0.25, 0.3) is 0 Å². The minimum atomic E-state index is -0.525. The zero-order valence-electron chi connectivity index (χ0n) is 28.7. The Labute approximate surface area is 263 Å². The minimum Gasteiger partial charge on any atom is -0.434 e. The molecule has 5 heteroatoms. The number of carbonyl (C=O) groups is 1. The van der Waals surface area contributed by atoms with Gasteiger partial charge in [0.25, 0.3) is 0 Å². The smallest absolute Gasteiger partial charge is 0.434 e. The lowest BCUT2D eigenvalue weighted by molar-refractivity contribution is 0.0728. The van der Waals surface area contributed by atoms with Crippen LogP contribution in [0.2, 0.25) is 0 Å². The molecule has 0 atom stereocenters. The summed E-state index contributed by atoms with van der Waals surface area (Å²) in [6.45, 7) is 1.03. The molecule has 1 aliphatic heterocycles. The van der Waals surface area contributed by atoms with E-state index < -0.39 is 6.16 Å². The third kappa shape index (κ3) is 39.2. The van der Waals surface area contributed by atoms with Crippen molar-refractivity contribution in [2.24, 2.45) is 0 Å². The van der Waals surface area contributed by atoms with E-state index in [-0.39, 0.29) is 0 Å². The van der Waals surface area contributed by atoms with Gasteiger partial charge in [0.05, 0.1) is 13.2 Å². The Kier molecular flexibility index (Phi) is 43.7. The van der Waals surface area contributed by atoms with Gasteiger partial charge in [-0.05, 0) is 12.8 Å². The Morgan fingerprint density at radius 1 is 0.286 bits per heavy atom. The Morgan fingerprint density at radius 2 is 0.405 bits per heavy atom. The molecule has 0 aromatic heterocycles. The monoisotopic (exact) mass is 601 g/mol. The third-order valence-corrected chi connectivity index (χ3v) is 8.48.